The van der Waals surface area contributed by atoms with E-state index < -0.39 is 17.6 Å². The highest BCUT2D eigenvalue weighted by atomic mass is 19.4. The van der Waals surface area contributed by atoms with E-state index in [0.717, 1.165) is 74.7 Å². The lowest BCUT2D eigenvalue weighted by Gasteiger charge is -2.37. The summed E-state index contributed by atoms with van der Waals surface area (Å²) >= 11 is 0. The number of rotatable bonds is 5. The van der Waals surface area contributed by atoms with E-state index in [0.29, 0.717) is 24.6 Å². The maximum atomic E-state index is 13.1. The number of aromatic nitrogens is 1. The number of aryl methyl sites for hydroxylation is 2. The van der Waals surface area contributed by atoms with Crippen molar-refractivity contribution in [2.75, 3.05) is 44.2 Å². The van der Waals surface area contributed by atoms with E-state index in [9.17, 15) is 22.8 Å². The normalized spacial score (nSPS) is 21.4. The zero-order valence-electron chi connectivity index (χ0n) is 21.1. The smallest absolute Gasteiger partial charge is 0.367 e. The Labute approximate surface area is 213 Å². The van der Waals surface area contributed by atoms with Crippen molar-refractivity contribution >= 4 is 17.5 Å². The third-order valence-corrected chi connectivity index (χ3v) is 7.82. The molecule has 5 rings (SSSR count). The van der Waals surface area contributed by atoms with Crippen molar-refractivity contribution in [3.8, 4) is 0 Å². The molecule has 0 radical (unpaired) electrons. The minimum atomic E-state index is -4.52. The number of carbonyl (C=O) groups is 2. The number of anilines is 1. The van der Waals surface area contributed by atoms with Crippen LogP contribution in [-0.4, -0.2) is 78.1 Å². The summed E-state index contributed by atoms with van der Waals surface area (Å²) in [5.41, 5.74) is 1.77. The molecule has 0 saturated carbocycles. The van der Waals surface area contributed by atoms with Crippen LogP contribution in [0.2, 0.25) is 0 Å². The van der Waals surface area contributed by atoms with Crippen LogP contribution < -0.4 is 10.2 Å². The molecule has 2 amide bonds. The Bertz CT molecular complexity index is 1150. The van der Waals surface area contributed by atoms with Crippen molar-refractivity contribution in [3.05, 3.63) is 46.3 Å². The van der Waals surface area contributed by atoms with Gasteiger partial charge in [0.25, 0.3) is 5.91 Å². The van der Waals surface area contributed by atoms with Crippen molar-refractivity contribution in [3.63, 3.8) is 0 Å². The van der Waals surface area contributed by atoms with Crippen LogP contribution in [0.4, 0.5) is 18.9 Å². The average Bonchev–Trinajstić information content (AvgIpc) is 3.46. The molecule has 2 fully saturated rings. The van der Waals surface area contributed by atoms with Crippen molar-refractivity contribution in [1.82, 2.24) is 20.3 Å². The Kier molecular flexibility index (Phi) is 6.91. The van der Waals surface area contributed by atoms with Crippen LogP contribution in [0.15, 0.2) is 22.7 Å². The summed E-state index contributed by atoms with van der Waals surface area (Å²) in [6.45, 7) is 7.56. The number of amides is 2. The molecule has 8 nitrogen and oxygen atoms in total. The molecule has 11 heteroatoms. The number of halogens is 3. The number of nitrogens with one attached hydrogen (secondary N) is 1. The van der Waals surface area contributed by atoms with E-state index in [1.54, 1.807) is 0 Å². The fraction of sp³-hybridized carbons (Fsp3) is 0.577. The first-order chi connectivity index (χ1) is 17.6. The minimum Gasteiger partial charge on any atom is -0.367 e. The summed E-state index contributed by atoms with van der Waals surface area (Å²) in [6, 6.07) is 3.70. The highest BCUT2D eigenvalue weighted by Crippen LogP contribution is 2.32. The van der Waals surface area contributed by atoms with E-state index in [1.165, 1.54) is 11.0 Å². The molecular formula is C26H32F3N5O3. The Hall–Kier alpha value is -3.08. The van der Waals surface area contributed by atoms with Crippen LogP contribution in [0, 0.1) is 13.8 Å². The Morgan fingerprint density at radius 1 is 1.14 bits per heavy atom. The molecule has 1 unspecified atom stereocenters. The first kappa shape index (κ1) is 25.6. The van der Waals surface area contributed by atoms with Crippen molar-refractivity contribution in [1.29, 1.82) is 0 Å². The van der Waals surface area contributed by atoms with Crippen LogP contribution in [0.5, 0.6) is 0 Å². The maximum Gasteiger partial charge on any atom is 0.416 e. The van der Waals surface area contributed by atoms with Gasteiger partial charge in [0.15, 0.2) is 5.76 Å². The molecule has 3 aliphatic heterocycles. The second-order valence-electron chi connectivity index (χ2n) is 10.3. The number of nitrogens with zero attached hydrogens (tertiary/aromatic N) is 4. The summed E-state index contributed by atoms with van der Waals surface area (Å²) in [5.74, 6) is 0.0424. The minimum absolute atomic E-state index is 0.00268. The topological polar surface area (TPSA) is 81.9 Å². The summed E-state index contributed by atoms with van der Waals surface area (Å²) in [7, 11) is 0. The quantitative estimate of drug-likeness (QED) is 0.654. The van der Waals surface area contributed by atoms with Gasteiger partial charge >= 0.3 is 6.18 Å². The van der Waals surface area contributed by atoms with E-state index >= 15 is 0 Å². The molecule has 3 aliphatic rings. The number of alkyl halides is 3. The zero-order valence-corrected chi connectivity index (χ0v) is 21.1. The molecule has 37 heavy (non-hydrogen) atoms. The lowest BCUT2D eigenvalue weighted by molar-refractivity contribution is -0.137. The number of carbonyl (C=O) groups excluding carboxylic acids is 2. The van der Waals surface area contributed by atoms with Crippen LogP contribution in [-0.2, 0) is 17.4 Å². The third-order valence-electron chi connectivity index (χ3n) is 7.82. The molecule has 2 aromatic rings. The van der Waals surface area contributed by atoms with Crippen molar-refractivity contribution in [2.45, 2.75) is 57.8 Å². The van der Waals surface area contributed by atoms with Gasteiger partial charge in [0.1, 0.15) is 11.4 Å². The first-order valence-electron chi connectivity index (χ1n) is 12.8. The van der Waals surface area contributed by atoms with E-state index in [2.05, 4.69) is 20.3 Å². The maximum absolute atomic E-state index is 13.1. The zero-order chi connectivity index (χ0) is 26.3. The summed E-state index contributed by atoms with van der Waals surface area (Å²) in [4.78, 5) is 31.7. The number of fused-ring (bicyclic) bond motifs is 1. The number of likely N-dealkylation sites (tertiary alicyclic amines) is 1. The van der Waals surface area contributed by atoms with Crippen molar-refractivity contribution in [2.24, 2.45) is 0 Å². The van der Waals surface area contributed by atoms with Gasteiger partial charge in [-0.05, 0) is 57.2 Å². The van der Waals surface area contributed by atoms with Gasteiger partial charge in [0.05, 0.1) is 12.1 Å². The number of piperidine rings is 1. The van der Waals surface area contributed by atoms with Crippen LogP contribution in [0.1, 0.15) is 52.2 Å². The molecule has 4 heterocycles. The SMILES string of the molecule is Cc1noc(C)c1N1CCC(N2CCC(NC(=O)CN3CCc4ccc(C(F)(F)F)cc4C3=O)C2)CC1. The van der Waals surface area contributed by atoms with E-state index in [4.69, 9.17) is 4.52 Å². The molecule has 1 atom stereocenters. The molecule has 2 saturated heterocycles. The second-order valence-corrected chi connectivity index (χ2v) is 10.3. The summed E-state index contributed by atoms with van der Waals surface area (Å²) < 4.78 is 44.6. The number of hydrogen-bond acceptors (Lipinski definition) is 6. The predicted octanol–water partition coefficient (Wildman–Crippen LogP) is 3.17. The molecule has 1 aromatic heterocycles. The monoisotopic (exact) mass is 519 g/mol. The fourth-order valence-corrected chi connectivity index (χ4v) is 5.92. The molecule has 1 aromatic carbocycles. The van der Waals surface area contributed by atoms with Crippen LogP contribution >= 0.6 is 0 Å². The summed E-state index contributed by atoms with van der Waals surface area (Å²) in [5, 5.41) is 7.10. The molecule has 1 N–H and O–H groups in total. The standard InChI is InChI=1S/C26H32F3N5O3/c1-16-24(17(2)37-31-16)32-11-7-21(8-12-32)33-10-6-20(14-33)30-23(35)15-34-9-5-18-3-4-19(26(27,28)29)13-22(18)25(34)36/h3-4,13,20-21H,5-12,14-15H2,1-2H3,(H,30,35). The van der Waals surface area contributed by atoms with Crippen LogP contribution in [0.3, 0.4) is 0 Å². The van der Waals surface area contributed by atoms with Gasteiger partial charge in [0, 0.05) is 50.4 Å². The van der Waals surface area contributed by atoms with E-state index in [-0.39, 0.29) is 24.1 Å². The lowest BCUT2D eigenvalue weighted by atomic mass is 9.96. The third kappa shape index (κ3) is 5.32. The largest absolute Gasteiger partial charge is 0.416 e. The molecule has 0 aliphatic carbocycles. The number of benzene rings is 1. The number of hydrogen-bond donors (Lipinski definition) is 1. The Morgan fingerprint density at radius 3 is 2.57 bits per heavy atom. The molecule has 0 spiro atoms. The van der Waals surface area contributed by atoms with Crippen LogP contribution in [0.25, 0.3) is 0 Å². The van der Waals surface area contributed by atoms with Gasteiger partial charge in [-0.3, -0.25) is 14.5 Å². The van der Waals surface area contributed by atoms with Crippen molar-refractivity contribution < 1.29 is 27.3 Å². The molecule has 200 valence electrons. The van der Waals surface area contributed by atoms with Gasteiger partial charge in [-0.2, -0.15) is 13.2 Å². The van der Waals surface area contributed by atoms with Gasteiger partial charge in [0.2, 0.25) is 5.91 Å². The van der Waals surface area contributed by atoms with E-state index in [1.807, 2.05) is 13.8 Å². The van der Waals surface area contributed by atoms with Gasteiger partial charge in [-0.15, -0.1) is 0 Å². The van der Waals surface area contributed by atoms with Gasteiger partial charge < -0.3 is 19.6 Å². The van der Waals surface area contributed by atoms with Gasteiger partial charge in [-0.1, -0.05) is 11.2 Å². The highest BCUT2D eigenvalue weighted by Gasteiger charge is 2.35. The summed E-state index contributed by atoms with van der Waals surface area (Å²) in [6.07, 6.45) is -1.22. The highest BCUT2D eigenvalue weighted by molar-refractivity contribution is 5.99. The first-order valence-corrected chi connectivity index (χ1v) is 12.8. The molecular weight excluding hydrogens is 487 g/mol. The average molecular weight is 520 g/mol. The lowest BCUT2D eigenvalue weighted by Crippen LogP contribution is -2.48. The Balaban J connectivity index is 1.11. The predicted molar refractivity (Wildman–Crippen MR) is 130 cm³/mol. The Morgan fingerprint density at radius 2 is 1.89 bits per heavy atom. The fourth-order valence-electron chi connectivity index (χ4n) is 5.92. The molecule has 0 bridgehead atoms. The van der Waals surface area contributed by atoms with Gasteiger partial charge in [-0.25, -0.2) is 0 Å². The second kappa shape index (κ2) is 10.00.